The monoisotopic (exact) mass is 396 g/mol. The number of amides is 2. The van der Waals surface area contributed by atoms with E-state index in [1.807, 2.05) is 38.1 Å². The number of hydrogen-bond donors (Lipinski definition) is 2. The first kappa shape index (κ1) is 19.7. The fraction of sp³-hybridized carbons (Fsp3) is 0.182. The van der Waals surface area contributed by atoms with Crippen LogP contribution in [-0.2, 0) is 5.41 Å². The minimum atomic E-state index is -0.342. The Morgan fingerprint density at radius 2 is 1.75 bits per heavy atom. The molecule has 0 saturated carbocycles. The standard InChI is InChI=1S/C22H21ClN2O3/c1-22(2,16-5-3-6-17(23)13-16)14-24-20(26)15-8-10-18(11-9-15)25-21(27)19-7-4-12-28-19/h3-13H,14H2,1-2H3,(H,24,26)(H,25,27). The molecule has 0 saturated heterocycles. The maximum absolute atomic E-state index is 12.5. The minimum absolute atomic E-state index is 0.181. The highest BCUT2D eigenvalue weighted by Crippen LogP contribution is 2.25. The maximum Gasteiger partial charge on any atom is 0.291 e. The topological polar surface area (TPSA) is 71.3 Å². The van der Waals surface area contributed by atoms with Crippen LogP contribution >= 0.6 is 11.6 Å². The van der Waals surface area contributed by atoms with E-state index in [0.717, 1.165) is 5.56 Å². The summed E-state index contributed by atoms with van der Waals surface area (Å²) < 4.78 is 5.05. The Labute approximate surface area is 168 Å². The average Bonchev–Trinajstić information content (AvgIpc) is 3.22. The van der Waals surface area contributed by atoms with Gasteiger partial charge in [0.05, 0.1) is 6.26 Å². The van der Waals surface area contributed by atoms with Crippen molar-refractivity contribution in [2.75, 3.05) is 11.9 Å². The van der Waals surface area contributed by atoms with Gasteiger partial charge in [0.15, 0.2) is 5.76 Å². The molecule has 0 unspecified atom stereocenters. The lowest BCUT2D eigenvalue weighted by atomic mass is 9.84. The van der Waals surface area contributed by atoms with Gasteiger partial charge in [-0.15, -0.1) is 0 Å². The molecule has 0 aliphatic rings. The van der Waals surface area contributed by atoms with Crippen molar-refractivity contribution in [2.45, 2.75) is 19.3 Å². The largest absolute Gasteiger partial charge is 0.459 e. The molecule has 3 aromatic rings. The molecule has 28 heavy (non-hydrogen) atoms. The summed E-state index contributed by atoms with van der Waals surface area (Å²) in [7, 11) is 0. The summed E-state index contributed by atoms with van der Waals surface area (Å²) in [5.41, 5.74) is 1.88. The molecule has 0 aliphatic carbocycles. The van der Waals surface area contributed by atoms with Crippen molar-refractivity contribution in [3.8, 4) is 0 Å². The highest BCUT2D eigenvalue weighted by atomic mass is 35.5. The average molecular weight is 397 g/mol. The molecule has 1 aromatic heterocycles. The summed E-state index contributed by atoms with van der Waals surface area (Å²) in [5, 5.41) is 6.34. The van der Waals surface area contributed by atoms with E-state index in [-0.39, 0.29) is 23.0 Å². The molecule has 0 spiro atoms. The smallest absolute Gasteiger partial charge is 0.291 e. The van der Waals surface area contributed by atoms with Gasteiger partial charge in [-0.25, -0.2) is 0 Å². The van der Waals surface area contributed by atoms with Crippen molar-refractivity contribution in [1.82, 2.24) is 5.32 Å². The second-order valence-electron chi connectivity index (χ2n) is 7.09. The van der Waals surface area contributed by atoms with Crippen molar-refractivity contribution >= 4 is 29.1 Å². The number of carbonyl (C=O) groups excluding carboxylic acids is 2. The van der Waals surface area contributed by atoms with Crippen LogP contribution in [0.2, 0.25) is 5.02 Å². The predicted octanol–water partition coefficient (Wildman–Crippen LogP) is 4.89. The summed E-state index contributed by atoms with van der Waals surface area (Å²) in [6, 6.07) is 17.5. The van der Waals surface area contributed by atoms with Gasteiger partial charge >= 0.3 is 0 Å². The van der Waals surface area contributed by atoms with E-state index < -0.39 is 0 Å². The van der Waals surface area contributed by atoms with E-state index in [1.165, 1.54) is 6.26 Å². The number of anilines is 1. The molecule has 0 bridgehead atoms. The van der Waals surface area contributed by atoms with Crippen LogP contribution in [0.4, 0.5) is 5.69 Å². The Bertz CT molecular complexity index is 964. The molecule has 1 heterocycles. The zero-order chi connectivity index (χ0) is 20.1. The third-order valence-corrected chi connectivity index (χ3v) is 4.68. The summed E-state index contributed by atoms with van der Waals surface area (Å²) in [5.74, 6) is -0.297. The fourth-order valence-electron chi connectivity index (χ4n) is 2.72. The lowest BCUT2D eigenvalue weighted by Gasteiger charge is -2.26. The lowest BCUT2D eigenvalue weighted by molar-refractivity contribution is 0.0945. The van der Waals surface area contributed by atoms with Gasteiger partial charge in [-0.3, -0.25) is 9.59 Å². The second kappa shape index (κ2) is 8.31. The van der Waals surface area contributed by atoms with Gasteiger partial charge in [-0.2, -0.15) is 0 Å². The number of rotatable bonds is 6. The molecule has 6 heteroatoms. The van der Waals surface area contributed by atoms with Crippen molar-refractivity contribution in [1.29, 1.82) is 0 Å². The molecule has 2 aromatic carbocycles. The molecule has 0 fully saturated rings. The highest BCUT2D eigenvalue weighted by Gasteiger charge is 2.22. The van der Waals surface area contributed by atoms with Crippen LogP contribution in [-0.4, -0.2) is 18.4 Å². The zero-order valence-electron chi connectivity index (χ0n) is 15.7. The van der Waals surface area contributed by atoms with Crippen molar-refractivity contribution in [3.63, 3.8) is 0 Å². The highest BCUT2D eigenvalue weighted by molar-refractivity contribution is 6.30. The molecule has 3 rings (SSSR count). The van der Waals surface area contributed by atoms with Crippen molar-refractivity contribution in [2.24, 2.45) is 0 Å². The van der Waals surface area contributed by atoms with E-state index in [2.05, 4.69) is 10.6 Å². The number of hydrogen-bond acceptors (Lipinski definition) is 3. The SMILES string of the molecule is CC(C)(CNC(=O)c1ccc(NC(=O)c2ccco2)cc1)c1cccc(Cl)c1. The minimum Gasteiger partial charge on any atom is -0.459 e. The Hall–Kier alpha value is -3.05. The Morgan fingerprint density at radius 3 is 2.39 bits per heavy atom. The summed E-state index contributed by atoms with van der Waals surface area (Å²) >= 11 is 6.07. The van der Waals surface area contributed by atoms with Gasteiger partial charge in [-0.1, -0.05) is 37.6 Å². The first-order chi connectivity index (χ1) is 13.3. The van der Waals surface area contributed by atoms with Crippen molar-refractivity contribution in [3.05, 3.63) is 88.8 Å². The van der Waals surface area contributed by atoms with Gasteiger partial charge in [0, 0.05) is 28.2 Å². The number of furan rings is 1. The first-order valence-electron chi connectivity index (χ1n) is 8.84. The molecule has 0 aliphatic heterocycles. The molecular formula is C22H21ClN2O3. The van der Waals surface area contributed by atoms with Gasteiger partial charge in [0.1, 0.15) is 0 Å². The molecular weight excluding hydrogens is 376 g/mol. The van der Waals surface area contributed by atoms with Crippen LogP contribution < -0.4 is 10.6 Å². The Kier molecular flexibility index (Phi) is 5.85. The molecule has 2 N–H and O–H groups in total. The lowest BCUT2D eigenvalue weighted by Crippen LogP contribution is -2.36. The van der Waals surface area contributed by atoms with Crippen LogP contribution in [0.5, 0.6) is 0 Å². The maximum atomic E-state index is 12.5. The van der Waals surface area contributed by atoms with E-state index in [9.17, 15) is 9.59 Å². The van der Waals surface area contributed by atoms with Gasteiger partial charge < -0.3 is 15.1 Å². The Balaban J connectivity index is 1.59. The van der Waals surface area contributed by atoms with Crippen molar-refractivity contribution < 1.29 is 14.0 Å². The zero-order valence-corrected chi connectivity index (χ0v) is 16.4. The van der Waals surface area contributed by atoms with Crippen LogP contribution in [0.25, 0.3) is 0 Å². The normalized spacial score (nSPS) is 11.1. The third-order valence-electron chi connectivity index (χ3n) is 4.45. The molecule has 5 nitrogen and oxygen atoms in total. The van der Waals surface area contributed by atoms with Crippen LogP contribution in [0.1, 0.15) is 40.3 Å². The quantitative estimate of drug-likeness (QED) is 0.623. The van der Waals surface area contributed by atoms with E-state index >= 15 is 0 Å². The number of carbonyl (C=O) groups is 2. The molecule has 0 radical (unpaired) electrons. The van der Waals surface area contributed by atoms with Crippen LogP contribution in [0.15, 0.2) is 71.3 Å². The third kappa shape index (κ3) is 4.81. The molecule has 144 valence electrons. The van der Waals surface area contributed by atoms with E-state index in [4.69, 9.17) is 16.0 Å². The second-order valence-corrected chi connectivity index (χ2v) is 7.52. The van der Waals surface area contributed by atoms with Gasteiger partial charge in [0.25, 0.3) is 11.8 Å². The summed E-state index contributed by atoms with van der Waals surface area (Å²) in [6.07, 6.45) is 1.44. The molecule has 0 atom stereocenters. The summed E-state index contributed by atoms with van der Waals surface area (Å²) in [4.78, 5) is 24.4. The number of halogens is 1. The summed E-state index contributed by atoms with van der Waals surface area (Å²) in [6.45, 7) is 4.56. The van der Waals surface area contributed by atoms with Crippen LogP contribution in [0, 0.1) is 0 Å². The first-order valence-corrected chi connectivity index (χ1v) is 9.22. The molecule has 2 amide bonds. The predicted molar refractivity (Wildman–Crippen MR) is 110 cm³/mol. The van der Waals surface area contributed by atoms with E-state index in [0.29, 0.717) is 22.8 Å². The van der Waals surface area contributed by atoms with Gasteiger partial charge in [-0.05, 0) is 54.1 Å². The fourth-order valence-corrected chi connectivity index (χ4v) is 2.91. The number of benzene rings is 2. The van der Waals surface area contributed by atoms with Gasteiger partial charge in [0.2, 0.25) is 0 Å². The Morgan fingerprint density at radius 1 is 1.00 bits per heavy atom. The number of nitrogens with one attached hydrogen (secondary N) is 2. The van der Waals surface area contributed by atoms with Crippen LogP contribution in [0.3, 0.4) is 0 Å². The van der Waals surface area contributed by atoms with E-state index in [1.54, 1.807) is 36.4 Å².